The fourth-order valence-corrected chi connectivity index (χ4v) is 3.54. The summed E-state index contributed by atoms with van der Waals surface area (Å²) in [4.78, 5) is 11.2. The minimum atomic E-state index is -3.69. The first-order chi connectivity index (χ1) is 8.95. The van der Waals surface area contributed by atoms with E-state index < -0.39 is 22.1 Å². The third kappa shape index (κ3) is 2.71. The molecule has 6 nitrogen and oxygen atoms in total. The van der Waals surface area contributed by atoms with Crippen LogP contribution in [-0.4, -0.2) is 32.6 Å². The van der Waals surface area contributed by atoms with Gasteiger partial charge in [0.25, 0.3) is 0 Å². The van der Waals surface area contributed by atoms with Gasteiger partial charge in [0.1, 0.15) is 0 Å². The molecule has 7 heteroatoms. The third-order valence-electron chi connectivity index (χ3n) is 3.08. The van der Waals surface area contributed by atoms with E-state index in [1.165, 1.54) is 0 Å². The molecule has 0 saturated carbocycles. The summed E-state index contributed by atoms with van der Waals surface area (Å²) >= 11 is 0. The fourth-order valence-electron chi connectivity index (χ4n) is 2.21. The standard InChI is InChI=1S/C12H16N2O4S/c1-2-13-19(17,18)14-8-10(12(15)16)7-9-5-3-4-6-11(9)14/h3-6,10,13H,2,7-8H2,1H3,(H,15,16). The van der Waals surface area contributed by atoms with E-state index in [0.717, 1.165) is 9.87 Å². The molecule has 104 valence electrons. The first-order valence-electron chi connectivity index (χ1n) is 6.03. The van der Waals surface area contributed by atoms with Gasteiger partial charge in [0.15, 0.2) is 0 Å². The molecule has 0 fully saturated rings. The molecule has 1 heterocycles. The molecule has 1 aromatic carbocycles. The number of nitrogens with zero attached hydrogens (tertiary/aromatic N) is 1. The molecular formula is C12H16N2O4S. The number of hydrogen-bond acceptors (Lipinski definition) is 3. The van der Waals surface area contributed by atoms with Gasteiger partial charge in [-0.1, -0.05) is 25.1 Å². The first-order valence-corrected chi connectivity index (χ1v) is 7.47. The smallest absolute Gasteiger partial charge is 0.308 e. The maximum absolute atomic E-state index is 12.1. The molecule has 0 spiro atoms. The largest absolute Gasteiger partial charge is 0.481 e. The van der Waals surface area contributed by atoms with Gasteiger partial charge in [-0.05, 0) is 18.1 Å². The van der Waals surface area contributed by atoms with Crippen LogP contribution in [0.25, 0.3) is 0 Å². The minimum Gasteiger partial charge on any atom is -0.481 e. The van der Waals surface area contributed by atoms with Crippen molar-refractivity contribution in [2.24, 2.45) is 5.92 Å². The van der Waals surface area contributed by atoms with Gasteiger partial charge in [-0.15, -0.1) is 0 Å². The highest BCUT2D eigenvalue weighted by Gasteiger charge is 2.34. The molecule has 19 heavy (non-hydrogen) atoms. The van der Waals surface area contributed by atoms with E-state index in [9.17, 15) is 13.2 Å². The molecule has 0 bridgehead atoms. The molecule has 1 atom stereocenters. The molecular weight excluding hydrogens is 268 g/mol. The van der Waals surface area contributed by atoms with Gasteiger partial charge >= 0.3 is 16.2 Å². The lowest BCUT2D eigenvalue weighted by atomic mass is 9.94. The van der Waals surface area contributed by atoms with Gasteiger partial charge in [-0.3, -0.25) is 9.10 Å². The zero-order valence-electron chi connectivity index (χ0n) is 10.5. The van der Waals surface area contributed by atoms with Crippen LogP contribution in [0, 0.1) is 5.92 Å². The molecule has 0 radical (unpaired) electrons. The summed E-state index contributed by atoms with van der Waals surface area (Å²) in [5, 5.41) is 9.14. The zero-order valence-corrected chi connectivity index (χ0v) is 11.4. The van der Waals surface area contributed by atoms with Crippen LogP contribution in [0.1, 0.15) is 12.5 Å². The predicted molar refractivity (Wildman–Crippen MR) is 71.2 cm³/mol. The van der Waals surface area contributed by atoms with Crippen molar-refractivity contribution < 1.29 is 18.3 Å². The second-order valence-corrected chi connectivity index (χ2v) is 6.08. The zero-order chi connectivity index (χ0) is 14.0. The van der Waals surface area contributed by atoms with Crippen LogP contribution in [0.5, 0.6) is 0 Å². The number of carbonyl (C=O) groups is 1. The Bertz CT molecular complexity index is 585. The van der Waals surface area contributed by atoms with Gasteiger partial charge < -0.3 is 5.11 Å². The molecule has 0 aromatic heterocycles. The van der Waals surface area contributed by atoms with Crippen LogP contribution in [-0.2, 0) is 21.4 Å². The van der Waals surface area contributed by atoms with Crippen LogP contribution in [0.4, 0.5) is 5.69 Å². The number of benzene rings is 1. The van der Waals surface area contributed by atoms with Crippen molar-refractivity contribution in [2.75, 3.05) is 17.4 Å². The Morgan fingerprint density at radius 3 is 2.79 bits per heavy atom. The summed E-state index contributed by atoms with van der Waals surface area (Å²) in [6, 6.07) is 6.98. The van der Waals surface area contributed by atoms with E-state index in [4.69, 9.17) is 5.11 Å². The highest BCUT2D eigenvalue weighted by Crippen LogP contribution is 2.31. The summed E-state index contributed by atoms with van der Waals surface area (Å²) in [5.41, 5.74) is 1.29. The van der Waals surface area contributed by atoms with Crippen molar-refractivity contribution in [3.63, 3.8) is 0 Å². The highest BCUT2D eigenvalue weighted by atomic mass is 32.2. The van der Waals surface area contributed by atoms with E-state index in [-0.39, 0.29) is 13.1 Å². The Morgan fingerprint density at radius 1 is 1.47 bits per heavy atom. The topological polar surface area (TPSA) is 86.7 Å². The Hall–Kier alpha value is -1.60. The molecule has 1 aromatic rings. The van der Waals surface area contributed by atoms with E-state index in [1.54, 1.807) is 31.2 Å². The second kappa shape index (κ2) is 5.18. The Morgan fingerprint density at radius 2 is 2.16 bits per heavy atom. The van der Waals surface area contributed by atoms with E-state index in [2.05, 4.69) is 4.72 Å². The third-order valence-corrected chi connectivity index (χ3v) is 4.66. The molecule has 1 aliphatic heterocycles. The number of para-hydroxylation sites is 1. The molecule has 0 aliphatic carbocycles. The SMILES string of the molecule is CCNS(=O)(=O)N1CC(C(=O)O)Cc2ccccc21. The maximum atomic E-state index is 12.1. The van der Waals surface area contributed by atoms with Crippen molar-refractivity contribution >= 4 is 21.9 Å². The summed E-state index contributed by atoms with van der Waals surface area (Å²) in [6.45, 7) is 1.91. The normalized spacial score (nSPS) is 19.0. The monoisotopic (exact) mass is 284 g/mol. The van der Waals surface area contributed by atoms with Crippen molar-refractivity contribution in [1.82, 2.24) is 4.72 Å². The number of hydrogen-bond donors (Lipinski definition) is 2. The van der Waals surface area contributed by atoms with Crippen LogP contribution in [0.15, 0.2) is 24.3 Å². The number of aliphatic carboxylic acids is 1. The average Bonchev–Trinajstić information content (AvgIpc) is 2.37. The van der Waals surface area contributed by atoms with Crippen LogP contribution >= 0.6 is 0 Å². The van der Waals surface area contributed by atoms with E-state index in [1.807, 2.05) is 0 Å². The average molecular weight is 284 g/mol. The van der Waals surface area contributed by atoms with Crippen molar-refractivity contribution in [2.45, 2.75) is 13.3 Å². The minimum absolute atomic E-state index is 0.0400. The number of carboxylic acid groups (broad SMARTS) is 1. The van der Waals surface area contributed by atoms with Crippen molar-refractivity contribution in [1.29, 1.82) is 0 Å². The molecule has 1 aliphatic rings. The van der Waals surface area contributed by atoms with Crippen LogP contribution in [0.2, 0.25) is 0 Å². The molecule has 0 amide bonds. The number of anilines is 1. The predicted octanol–water partition coefficient (Wildman–Crippen LogP) is 0.604. The lowest BCUT2D eigenvalue weighted by molar-refractivity contribution is -0.141. The Kier molecular flexibility index (Phi) is 3.77. The number of rotatable bonds is 4. The lowest BCUT2D eigenvalue weighted by Crippen LogP contribution is -2.47. The Labute approximate surface area is 112 Å². The maximum Gasteiger partial charge on any atom is 0.308 e. The van der Waals surface area contributed by atoms with E-state index in [0.29, 0.717) is 12.1 Å². The van der Waals surface area contributed by atoms with Gasteiger partial charge in [-0.2, -0.15) is 13.1 Å². The number of carboxylic acids is 1. The quantitative estimate of drug-likeness (QED) is 0.848. The fraction of sp³-hybridized carbons (Fsp3) is 0.417. The van der Waals surface area contributed by atoms with Crippen LogP contribution < -0.4 is 9.03 Å². The first kappa shape index (κ1) is 13.8. The number of nitrogens with one attached hydrogen (secondary N) is 1. The molecule has 2 rings (SSSR count). The van der Waals surface area contributed by atoms with Gasteiger partial charge in [0.2, 0.25) is 0 Å². The summed E-state index contributed by atoms with van der Waals surface area (Å²) in [5.74, 6) is -1.70. The lowest BCUT2D eigenvalue weighted by Gasteiger charge is -2.33. The highest BCUT2D eigenvalue weighted by molar-refractivity contribution is 7.90. The van der Waals surface area contributed by atoms with E-state index >= 15 is 0 Å². The molecule has 1 unspecified atom stereocenters. The van der Waals surface area contributed by atoms with Gasteiger partial charge in [0.05, 0.1) is 11.6 Å². The van der Waals surface area contributed by atoms with Gasteiger partial charge in [0, 0.05) is 13.1 Å². The number of fused-ring (bicyclic) bond motifs is 1. The summed E-state index contributed by atoms with van der Waals surface area (Å²) in [6.07, 6.45) is 0.351. The summed E-state index contributed by atoms with van der Waals surface area (Å²) < 4.78 is 27.8. The summed E-state index contributed by atoms with van der Waals surface area (Å²) in [7, 11) is -3.69. The van der Waals surface area contributed by atoms with Crippen LogP contribution in [0.3, 0.4) is 0 Å². The Balaban J connectivity index is 2.45. The van der Waals surface area contributed by atoms with Crippen molar-refractivity contribution in [3.05, 3.63) is 29.8 Å². The van der Waals surface area contributed by atoms with Crippen molar-refractivity contribution in [3.8, 4) is 0 Å². The second-order valence-electron chi connectivity index (χ2n) is 4.40. The molecule has 2 N–H and O–H groups in total. The van der Waals surface area contributed by atoms with Gasteiger partial charge in [-0.25, -0.2) is 0 Å². The molecule has 0 saturated heterocycles.